The molecule has 1 heterocycles. The van der Waals surface area contributed by atoms with Crippen LogP contribution in [0.4, 0.5) is 0 Å². The van der Waals surface area contributed by atoms with Gasteiger partial charge in [-0.15, -0.1) is 10.2 Å². The Labute approximate surface area is 111 Å². The maximum Gasteiger partial charge on any atom is 0.230 e. The zero-order valence-electron chi connectivity index (χ0n) is 9.25. The lowest BCUT2D eigenvalue weighted by molar-refractivity contribution is -0.118. The van der Waals surface area contributed by atoms with Crippen LogP contribution in [0.25, 0.3) is 0 Å². The van der Waals surface area contributed by atoms with Crippen molar-refractivity contribution in [1.29, 1.82) is 0 Å². The van der Waals surface area contributed by atoms with Crippen LogP contribution in [0.3, 0.4) is 0 Å². The molecule has 0 radical (unpaired) electrons. The van der Waals surface area contributed by atoms with Gasteiger partial charge in [0.05, 0.1) is 10.5 Å². The van der Waals surface area contributed by atoms with Crippen LogP contribution in [-0.2, 0) is 9.59 Å². The van der Waals surface area contributed by atoms with Crippen LogP contribution < -0.4 is 11.5 Å². The van der Waals surface area contributed by atoms with E-state index in [9.17, 15) is 9.59 Å². The lowest BCUT2D eigenvalue weighted by Crippen LogP contribution is -2.22. The summed E-state index contributed by atoms with van der Waals surface area (Å²) in [5, 5.41) is 7.10. The Balaban J connectivity index is 2.59. The summed E-state index contributed by atoms with van der Waals surface area (Å²) in [7, 11) is 0. The van der Waals surface area contributed by atoms with Gasteiger partial charge in [-0.25, -0.2) is 0 Å². The highest BCUT2D eigenvalue weighted by atomic mass is 32.2. The molecule has 0 saturated heterocycles. The van der Waals surface area contributed by atoms with Crippen molar-refractivity contribution in [1.82, 2.24) is 10.2 Å². The Bertz CT molecular complexity index is 386. The lowest BCUT2D eigenvalue weighted by Gasteiger charge is -2.02. The van der Waals surface area contributed by atoms with Crippen molar-refractivity contribution in [3.05, 3.63) is 0 Å². The molecule has 0 aliphatic heterocycles. The van der Waals surface area contributed by atoms with Crippen LogP contribution in [-0.4, -0.2) is 32.5 Å². The standard InChI is InChI=1S/C8H12N4O2S3/c1-3(5(9)13)15-7-11-12-8(17-7)16-4(2)6(10)14/h3-4H,1-2H3,(H2,9,13)(H2,10,14)/t3-,4-/m0/s1. The molecule has 0 unspecified atom stereocenters. The van der Waals surface area contributed by atoms with E-state index in [-0.39, 0.29) is 10.5 Å². The van der Waals surface area contributed by atoms with Gasteiger partial charge in [-0.1, -0.05) is 34.9 Å². The number of thioether (sulfide) groups is 2. The average molecular weight is 292 g/mol. The smallest absolute Gasteiger partial charge is 0.230 e. The number of nitrogens with zero attached hydrogens (tertiary/aromatic N) is 2. The molecule has 17 heavy (non-hydrogen) atoms. The fourth-order valence-corrected chi connectivity index (χ4v) is 3.92. The molecule has 2 amide bonds. The molecular weight excluding hydrogens is 280 g/mol. The van der Waals surface area contributed by atoms with Gasteiger partial charge in [0.1, 0.15) is 0 Å². The zero-order chi connectivity index (χ0) is 13.0. The summed E-state index contributed by atoms with van der Waals surface area (Å²) in [6.45, 7) is 3.40. The van der Waals surface area contributed by atoms with Crippen molar-refractivity contribution in [3.63, 3.8) is 0 Å². The third kappa shape index (κ3) is 4.52. The number of hydrogen-bond donors (Lipinski definition) is 2. The minimum Gasteiger partial charge on any atom is -0.369 e. The van der Waals surface area contributed by atoms with Crippen LogP contribution in [0.15, 0.2) is 8.68 Å². The number of primary amides is 2. The Hall–Kier alpha value is -0.800. The van der Waals surface area contributed by atoms with Crippen LogP contribution in [0, 0.1) is 0 Å². The Kier molecular flexibility index (Phi) is 5.22. The van der Waals surface area contributed by atoms with Crippen molar-refractivity contribution in [2.24, 2.45) is 11.5 Å². The van der Waals surface area contributed by atoms with Crippen molar-refractivity contribution >= 4 is 46.7 Å². The number of nitrogens with two attached hydrogens (primary N) is 2. The minimum absolute atomic E-state index is 0.352. The molecule has 1 aromatic rings. The molecule has 9 heteroatoms. The second-order valence-corrected chi connectivity index (χ2v) is 7.31. The first-order valence-corrected chi connectivity index (χ1v) is 7.23. The summed E-state index contributed by atoms with van der Waals surface area (Å²) in [4.78, 5) is 21.7. The predicted molar refractivity (Wildman–Crippen MR) is 68.9 cm³/mol. The second kappa shape index (κ2) is 6.22. The second-order valence-electron chi connectivity index (χ2n) is 3.16. The van der Waals surface area contributed by atoms with E-state index in [1.807, 2.05) is 0 Å². The highest BCUT2D eigenvalue weighted by molar-refractivity contribution is 8.04. The average Bonchev–Trinajstić information content (AvgIpc) is 2.65. The zero-order valence-corrected chi connectivity index (χ0v) is 11.7. The Morgan fingerprint density at radius 1 is 1.06 bits per heavy atom. The SMILES string of the molecule is C[C@H](Sc1nnc(S[C@@H](C)C(N)=O)s1)C(N)=O. The van der Waals surface area contributed by atoms with E-state index in [1.54, 1.807) is 13.8 Å². The van der Waals surface area contributed by atoms with Crippen molar-refractivity contribution < 1.29 is 9.59 Å². The molecule has 0 aromatic carbocycles. The molecule has 94 valence electrons. The third-order valence-corrected chi connectivity index (χ3v) is 5.07. The third-order valence-electron chi connectivity index (χ3n) is 1.74. The van der Waals surface area contributed by atoms with E-state index < -0.39 is 11.8 Å². The number of rotatable bonds is 6. The molecular formula is C8H12N4O2S3. The van der Waals surface area contributed by atoms with Gasteiger partial charge in [-0.2, -0.15) is 0 Å². The van der Waals surface area contributed by atoms with E-state index in [4.69, 9.17) is 11.5 Å². The molecule has 1 rings (SSSR count). The fraction of sp³-hybridized carbons (Fsp3) is 0.500. The highest BCUT2D eigenvalue weighted by Gasteiger charge is 2.17. The van der Waals surface area contributed by atoms with Gasteiger partial charge in [0, 0.05) is 0 Å². The van der Waals surface area contributed by atoms with E-state index in [0.717, 1.165) is 0 Å². The molecule has 0 saturated carbocycles. The molecule has 0 aliphatic rings. The maximum atomic E-state index is 10.9. The van der Waals surface area contributed by atoms with Gasteiger partial charge in [-0.05, 0) is 13.8 Å². The van der Waals surface area contributed by atoms with Crippen molar-refractivity contribution in [2.45, 2.75) is 33.0 Å². The number of amides is 2. The van der Waals surface area contributed by atoms with Gasteiger partial charge in [-0.3, -0.25) is 9.59 Å². The van der Waals surface area contributed by atoms with Crippen LogP contribution >= 0.6 is 34.9 Å². The minimum atomic E-state index is -0.398. The fourth-order valence-electron chi connectivity index (χ4n) is 0.711. The van der Waals surface area contributed by atoms with E-state index in [0.29, 0.717) is 8.68 Å². The van der Waals surface area contributed by atoms with Gasteiger partial charge in [0.25, 0.3) is 0 Å². The van der Waals surface area contributed by atoms with Gasteiger partial charge >= 0.3 is 0 Å². The lowest BCUT2D eigenvalue weighted by atomic mass is 10.5. The number of aromatic nitrogens is 2. The molecule has 0 bridgehead atoms. The monoisotopic (exact) mass is 292 g/mol. The Morgan fingerprint density at radius 3 is 1.71 bits per heavy atom. The first-order valence-electron chi connectivity index (χ1n) is 4.65. The summed E-state index contributed by atoms with van der Waals surface area (Å²) in [5.74, 6) is -0.796. The molecule has 4 N–H and O–H groups in total. The number of carbonyl (C=O) groups is 2. The van der Waals surface area contributed by atoms with Crippen LogP contribution in [0.2, 0.25) is 0 Å². The molecule has 0 spiro atoms. The molecule has 2 atom stereocenters. The van der Waals surface area contributed by atoms with E-state index in [2.05, 4.69) is 10.2 Å². The molecule has 1 aromatic heterocycles. The van der Waals surface area contributed by atoms with Crippen LogP contribution in [0.5, 0.6) is 0 Å². The van der Waals surface area contributed by atoms with Crippen molar-refractivity contribution in [3.8, 4) is 0 Å². The summed E-state index contributed by atoms with van der Waals surface area (Å²) in [6, 6.07) is 0. The molecule has 6 nitrogen and oxygen atoms in total. The first-order chi connectivity index (χ1) is 7.90. The topological polar surface area (TPSA) is 112 Å². The quantitative estimate of drug-likeness (QED) is 0.737. The first kappa shape index (κ1) is 14.3. The normalized spacial score (nSPS) is 14.2. The molecule has 0 fully saturated rings. The highest BCUT2D eigenvalue weighted by Crippen LogP contribution is 2.32. The molecule has 0 aliphatic carbocycles. The summed E-state index contributed by atoms with van der Waals surface area (Å²) < 4.78 is 1.30. The van der Waals surface area contributed by atoms with Gasteiger partial charge in [0.2, 0.25) is 11.8 Å². The summed E-state index contributed by atoms with van der Waals surface area (Å²) >= 11 is 3.81. The summed E-state index contributed by atoms with van der Waals surface area (Å²) in [5.41, 5.74) is 10.3. The largest absolute Gasteiger partial charge is 0.369 e. The van der Waals surface area contributed by atoms with Crippen LogP contribution in [0.1, 0.15) is 13.8 Å². The predicted octanol–water partition coefficient (Wildman–Crippen LogP) is 0.470. The van der Waals surface area contributed by atoms with E-state index in [1.165, 1.54) is 34.9 Å². The van der Waals surface area contributed by atoms with E-state index >= 15 is 0 Å². The van der Waals surface area contributed by atoms with Gasteiger partial charge < -0.3 is 11.5 Å². The summed E-state index contributed by atoms with van der Waals surface area (Å²) in [6.07, 6.45) is 0. The van der Waals surface area contributed by atoms with Gasteiger partial charge in [0.15, 0.2) is 8.68 Å². The maximum absolute atomic E-state index is 10.9. The number of hydrogen-bond acceptors (Lipinski definition) is 7. The Morgan fingerprint density at radius 2 is 1.41 bits per heavy atom. The number of carbonyl (C=O) groups excluding carboxylic acids is 2. The van der Waals surface area contributed by atoms with Crippen molar-refractivity contribution in [2.75, 3.05) is 0 Å².